The minimum Gasteiger partial charge on any atom is -0.508 e. The van der Waals surface area contributed by atoms with E-state index in [4.69, 9.17) is 0 Å². The first-order valence-electron chi connectivity index (χ1n) is 11.4. The van der Waals surface area contributed by atoms with Crippen molar-refractivity contribution in [3.05, 3.63) is 65.0 Å². The van der Waals surface area contributed by atoms with E-state index in [2.05, 4.69) is 22.2 Å². The van der Waals surface area contributed by atoms with Gasteiger partial charge in [0.1, 0.15) is 11.6 Å². The minimum atomic E-state index is -2.70. The van der Waals surface area contributed by atoms with Gasteiger partial charge in [0.15, 0.2) is 0 Å². The molecule has 2 aromatic carbocycles. The van der Waals surface area contributed by atoms with Crippen LogP contribution >= 0.6 is 0 Å². The molecule has 1 saturated heterocycles. The average molecular weight is 448 g/mol. The maximum atomic E-state index is 14.7. The Bertz CT molecular complexity index is 918. The van der Waals surface area contributed by atoms with E-state index in [9.17, 15) is 18.3 Å². The first kappa shape index (κ1) is 23.1. The van der Waals surface area contributed by atoms with Crippen molar-refractivity contribution >= 4 is 0 Å². The lowest BCUT2D eigenvalue weighted by atomic mass is 9.75. The van der Waals surface area contributed by atoms with E-state index in [0.717, 1.165) is 37.3 Å². The molecule has 1 saturated carbocycles. The molecule has 174 valence electrons. The summed E-state index contributed by atoms with van der Waals surface area (Å²) in [6.45, 7) is 4.97. The minimum absolute atomic E-state index is 0.174. The number of hydrogen-bond donors (Lipinski definition) is 2. The van der Waals surface area contributed by atoms with Crippen LogP contribution in [0, 0.1) is 5.82 Å². The summed E-state index contributed by atoms with van der Waals surface area (Å²) in [6.07, 6.45) is -0.183. The van der Waals surface area contributed by atoms with Crippen LogP contribution in [0.4, 0.5) is 13.2 Å². The van der Waals surface area contributed by atoms with E-state index in [1.165, 1.54) is 6.07 Å². The van der Waals surface area contributed by atoms with Gasteiger partial charge in [-0.25, -0.2) is 13.2 Å². The van der Waals surface area contributed by atoms with Crippen molar-refractivity contribution in [2.75, 3.05) is 33.2 Å². The molecule has 0 spiro atoms. The molecule has 32 heavy (non-hydrogen) atoms. The molecule has 0 aromatic heterocycles. The van der Waals surface area contributed by atoms with Crippen molar-refractivity contribution in [3.8, 4) is 5.75 Å². The standard InChI is InChI=1S/C25H32F3N3O/c1-30-12-14-31(15-13-30)18-20-16-19(6-7-23(20)32)17-29-24(8-10-25(27,28)11-9-24)21-4-2-3-5-22(21)26/h2-7,16,29,32H,8-15,17-18H2,1H3. The fourth-order valence-electron chi connectivity index (χ4n) is 4.83. The quantitative estimate of drug-likeness (QED) is 0.685. The number of nitrogens with one attached hydrogen (secondary N) is 1. The number of hydrogen-bond acceptors (Lipinski definition) is 4. The predicted octanol–water partition coefficient (Wildman–Crippen LogP) is 4.47. The van der Waals surface area contributed by atoms with Crippen LogP contribution in [-0.2, 0) is 18.6 Å². The van der Waals surface area contributed by atoms with Gasteiger partial charge in [0, 0.05) is 68.8 Å². The molecular weight excluding hydrogens is 415 g/mol. The Morgan fingerprint density at radius 1 is 0.969 bits per heavy atom. The van der Waals surface area contributed by atoms with E-state index in [1.54, 1.807) is 24.3 Å². The molecule has 0 unspecified atom stereocenters. The lowest BCUT2D eigenvalue weighted by Gasteiger charge is -2.41. The summed E-state index contributed by atoms with van der Waals surface area (Å²) in [7, 11) is 2.10. The van der Waals surface area contributed by atoms with Crippen LogP contribution in [0.25, 0.3) is 0 Å². The summed E-state index contributed by atoms with van der Waals surface area (Å²) in [5.74, 6) is -2.81. The van der Waals surface area contributed by atoms with Gasteiger partial charge in [0.25, 0.3) is 0 Å². The van der Waals surface area contributed by atoms with Gasteiger partial charge in [0.2, 0.25) is 5.92 Å². The summed E-state index contributed by atoms with van der Waals surface area (Å²) >= 11 is 0. The summed E-state index contributed by atoms with van der Waals surface area (Å²) in [6, 6.07) is 11.9. The zero-order valence-corrected chi connectivity index (χ0v) is 18.6. The van der Waals surface area contributed by atoms with Crippen LogP contribution in [-0.4, -0.2) is 54.1 Å². The van der Waals surface area contributed by atoms with Crippen LogP contribution in [0.3, 0.4) is 0 Å². The molecular formula is C25H32F3N3O. The number of likely N-dealkylation sites (N-methyl/N-ethyl adjacent to an activating group) is 1. The molecule has 2 aliphatic rings. The van der Waals surface area contributed by atoms with Gasteiger partial charge in [-0.05, 0) is 43.7 Å². The van der Waals surface area contributed by atoms with Gasteiger partial charge in [-0.1, -0.05) is 24.3 Å². The Balaban J connectivity index is 1.50. The summed E-state index contributed by atoms with van der Waals surface area (Å²) in [4.78, 5) is 4.60. The van der Waals surface area contributed by atoms with Crippen molar-refractivity contribution in [1.82, 2.24) is 15.1 Å². The molecule has 4 nitrogen and oxygen atoms in total. The van der Waals surface area contributed by atoms with Crippen molar-refractivity contribution < 1.29 is 18.3 Å². The van der Waals surface area contributed by atoms with Crippen molar-refractivity contribution in [3.63, 3.8) is 0 Å². The molecule has 1 aliphatic heterocycles. The van der Waals surface area contributed by atoms with E-state index < -0.39 is 11.5 Å². The molecule has 7 heteroatoms. The summed E-state index contributed by atoms with van der Waals surface area (Å²) in [5.41, 5.74) is 1.42. The van der Waals surface area contributed by atoms with Crippen LogP contribution in [0.15, 0.2) is 42.5 Å². The van der Waals surface area contributed by atoms with Crippen molar-refractivity contribution in [1.29, 1.82) is 0 Å². The van der Waals surface area contributed by atoms with Gasteiger partial charge in [-0.2, -0.15) is 0 Å². The molecule has 1 heterocycles. The SMILES string of the molecule is CN1CCN(Cc2cc(CNC3(c4ccccc4F)CCC(F)(F)CC3)ccc2O)CC1. The van der Waals surface area contributed by atoms with Gasteiger partial charge in [-0.15, -0.1) is 0 Å². The highest BCUT2D eigenvalue weighted by molar-refractivity contribution is 5.36. The molecule has 0 amide bonds. The number of rotatable bonds is 6. The Morgan fingerprint density at radius 3 is 2.34 bits per heavy atom. The third kappa shape index (κ3) is 5.27. The molecule has 0 radical (unpaired) electrons. The first-order chi connectivity index (χ1) is 15.3. The van der Waals surface area contributed by atoms with E-state index in [0.29, 0.717) is 18.7 Å². The second kappa shape index (κ2) is 9.41. The predicted molar refractivity (Wildman–Crippen MR) is 119 cm³/mol. The lowest BCUT2D eigenvalue weighted by Crippen LogP contribution is -2.47. The zero-order valence-electron chi connectivity index (χ0n) is 18.6. The highest BCUT2D eigenvalue weighted by Gasteiger charge is 2.45. The van der Waals surface area contributed by atoms with Gasteiger partial charge < -0.3 is 15.3 Å². The number of phenolic OH excluding ortho intramolecular Hbond substituents is 1. The van der Waals surface area contributed by atoms with E-state index in [1.807, 2.05) is 12.1 Å². The maximum Gasteiger partial charge on any atom is 0.248 e. The number of phenols is 1. The zero-order chi connectivity index (χ0) is 22.8. The Kier molecular flexibility index (Phi) is 6.79. The fraction of sp³-hybridized carbons (Fsp3) is 0.520. The van der Waals surface area contributed by atoms with Gasteiger partial charge >= 0.3 is 0 Å². The smallest absolute Gasteiger partial charge is 0.248 e. The van der Waals surface area contributed by atoms with Crippen LogP contribution in [0.1, 0.15) is 42.4 Å². The van der Waals surface area contributed by atoms with Gasteiger partial charge in [0.05, 0.1) is 0 Å². The third-order valence-corrected chi connectivity index (χ3v) is 6.99. The van der Waals surface area contributed by atoms with Gasteiger partial charge in [-0.3, -0.25) is 4.90 Å². The number of piperazine rings is 1. The number of aromatic hydroxyl groups is 1. The largest absolute Gasteiger partial charge is 0.508 e. The second-order valence-electron chi connectivity index (χ2n) is 9.31. The summed E-state index contributed by atoms with van der Waals surface area (Å²) < 4.78 is 42.5. The van der Waals surface area contributed by atoms with E-state index in [-0.39, 0.29) is 37.3 Å². The fourth-order valence-corrected chi connectivity index (χ4v) is 4.83. The highest BCUT2D eigenvalue weighted by atomic mass is 19.3. The van der Waals surface area contributed by atoms with Crippen molar-refractivity contribution in [2.24, 2.45) is 0 Å². The molecule has 2 aromatic rings. The molecule has 2 N–H and O–H groups in total. The second-order valence-corrected chi connectivity index (χ2v) is 9.31. The molecule has 2 fully saturated rings. The van der Waals surface area contributed by atoms with Crippen molar-refractivity contribution in [2.45, 2.75) is 50.2 Å². The third-order valence-electron chi connectivity index (χ3n) is 6.99. The highest BCUT2D eigenvalue weighted by Crippen LogP contribution is 2.44. The Hall–Kier alpha value is -2.09. The average Bonchev–Trinajstić information content (AvgIpc) is 2.77. The maximum absolute atomic E-state index is 14.7. The topological polar surface area (TPSA) is 38.7 Å². The molecule has 0 bridgehead atoms. The number of halogens is 3. The lowest BCUT2D eigenvalue weighted by molar-refractivity contribution is -0.0578. The monoisotopic (exact) mass is 447 g/mol. The Morgan fingerprint density at radius 2 is 1.66 bits per heavy atom. The number of benzene rings is 2. The normalized spacial score (nSPS) is 21.5. The molecule has 0 atom stereocenters. The van der Waals surface area contributed by atoms with Crippen LogP contribution in [0.5, 0.6) is 5.75 Å². The van der Waals surface area contributed by atoms with Crippen LogP contribution < -0.4 is 5.32 Å². The van der Waals surface area contributed by atoms with Crippen LogP contribution in [0.2, 0.25) is 0 Å². The Labute approximate surface area is 188 Å². The number of alkyl halides is 2. The summed E-state index contributed by atoms with van der Waals surface area (Å²) in [5, 5.41) is 13.8. The number of nitrogens with zero attached hydrogens (tertiary/aromatic N) is 2. The molecule has 4 rings (SSSR count). The first-order valence-corrected chi connectivity index (χ1v) is 11.4. The molecule has 1 aliphatic carbocycles. The van der Waals surface area contributed by atoms with E-state index >= 15 is 0 Å².